The molecule has 1 heterocycles. The van der Waals surface area contributed by atoms with Crippen LogP contribution >= 0.6 is 0 Å². The minimum absolute atomic E-state index is 0.467. The molecule has 0 atom stereocenters. The van der Waals surface area contributed by atoms with Gasteiger partial charge in [-0.05, 0) is 56.6 Å². The van der Waals surface area contributed by atoms with Gasteiger partial charge in [-0.2, -0.15) is 0 Å². The molecule has 0 unspecified atom stereocenters. The van der Waals surface area contributed by atoms with Gasteiger partial charge in [-0.25, -0.2) is 0 Å². The fraction of sp³-hybridized carbons (Fsp3) is 0.375. The minimum atomic E-state index is 0.467. The molecule has 0 fully saturated rings. The van der Waals surface area contributed by atoms with Crippen LogP contribution in [-0.2, 0) is 13.2 Å². The standard InChI is InChI=1S/C16H21NO2/c1-11-6-5-7-15(13(11)3)18-10-14-8-12(2)16(19-14)9-17-4/h5-8,17H,9-10H2,1-4H3. The zero-order valence-corrected chi connectivity index (χ0v) is 12.0. The van der Waals surface area contributed by atoms with Crippen LogP contribution in [0.5, 0.6) is 5.75 Å². The van der Waals surface area contributed by atoms with Gasteiger partial charge in [-0.3, -0.25) is 0 Å². The Morgan fingerprint density at radius 3 is 2.68 bits per heavy atom. The highest BCUT2D eigenvalue weighted by atomic mass is 16.5. The summed E-state index contributed by atoms with van der Waals surface area (Å²) in [6.07, 6.45) is 0. The SMILES string of the molecule is CNCc1oc(COc2cccc(C)c2C)cc1C. The third-order valence-electron chi connectivity index (χ3n) is 3.33. The lowest BCUT2D eigenvalue weighted by Crippen LogP contribution is -2.04. The number of rotatable bonds is 5. The van der Waals surface area contributed by atoms with E-state index in [9.17, 15) is 0 Å². The summed E-state index contributed by atoms with van der Waals surface area (Å²) in [7, 11) is 1.91. The van der Waals surface area contributed by atoms with E-state index in [1.165, 1.54) is 11.1 Å². The van der Waals surface area contributed by atoms with Gasteiger partial charge in [0.2, 0.25) is 0 Å². The Kier molecular flexibility index (Phi) is 4.27. The van der Waals surface area contributed by atoms with Crippen molar-refractivity contribution in [2.24, 2.45) is 0 Å². The van der Waals surface area contributed by atoms with Crippen molar-refractivity contribution in [2.75, 3.05) is 7.05 Å². The van der Waals surface area contributed by atoms with Gasteiger partial charge >= 0.3 is 0 Å². The first kappa shape index (κ1) is 13.7. The molecule has 2 aromatic rings. The summed E-state index contributed by atoms with van der Waals surface area (Å²) in [5, 5.41) is 3.09. The average molecular weight is 259 g/mol. The van der Waals surface area contributed by atoms with Crippen molar-refractivity contribution >= 4 is 0 Å². The maximum atomic E-state index is 5.84. The molecule has 0 aliphatic rings. The zero-order valence-electron chi connectivity index (χ0n) is 12.0. The quantitative estimate of drug-likeness (QED) is 0.892. The van der Waals surface area contributed by atoms with Crippen molar-refractivity contribution in [1.29, 1.82) is 0 Å². The summed E-state index contributed by atoms with van der Waals surface area (Å²) in [6.45, 7) is 7.43. The number of hydrogen-bond acceptors (Lipinski definition) is 3. The topological polar surface area (TPSA) is 34.4 Å². The number of furan rings is 1. The molecule has 2 rings (SSSR count). The van der Waals surface area contributed by atoms with Crippen LogP contribution in [0.15, 0.2) is 28.7 Å². The van der Waals surface area contributed by atoms with Gasteiger partial charge in [-0.1, -0.05) is 12.1 Å². The second-order valence-electron chi connectivity index (χ2n) is 4.84. The van der Waals surface area contributed by atoms with Gasteiger partial charge in [0.25, 0.3) is 0 Å². The highest BCUT2D eigenvalue weighted by Gasteiger charge is 2.08. The Morgan fingerprint density at radius 2 is 1.95 bits per heavy atom. The predicted octanol–water partition coefficient (Wildman–Crippen LogP) is 3.50. The van der Waals surface area contributed by atoms with Crippen LogP contribution in [0.2, 0.25) is 0 Å². The molecule has 3 nitrogen and oxygen atoms in total. The van der Waals surface area contributed by atoms with Crippen molar-refractivity contribution in [3.05, 3.63) is 52.5 Å². The van der Waals surface area contributed by atoms with E-state index in [1.54, 1.807) is 0 Å². The van der Waals surface area contributed by atoms with E-state index in [0.717, 1.165) is 29.4 Å². The Bertz CT molecular complexity index is 558. The molecule has 1 N–H and O–H groups in total. The minimum Gasteiger partial charge on any atom is -0.485 e. The Labute approximate surface area is 114 Å². The molecule has 0 radical (unpaired) electrons. The lowest BCUT2D eigenvalue weighted by Gasteiger charge is -2.09. The maximum absolute atomic E-state index is 5.84. The summed E-state index contributed by atoms with van der Waals surface area (Å²) in [5.74, 6) is 2.76. The molecule has 0 spiro atoms. The summed E-state index contributed by atoms with van der Waals surface area (Å²) in [5.41, 5.74) is 3.58. The first-order valence-electron chi connectivity index (χ1n) is 6.53. The lowest BCUT2D eigenvalue weighted by molar-refractivity contribution is 0.263. The molecule has 0 saturated carbocycles. The summed E-state index contributed by atoms with van der Waals surface area (Å²) in [6, 6.07) is 8.13. The van der Waals surface area contributed by atoms with Crippen molar-refractivity contribution in [2.45, 2.75) is 33.9 Å². The largest absolute Gasteiger partial charge is 0.485 e. The molecule has 0 aliphatic heterocycles. The number of nitrogens with one attached hydrogen (secondary N) is 1. The molecule has 19 heavy (non-hydrogen) atoms. The summed E-state index contributed by atoms with van der Waals surface area (Å²) >= 11 is 0. The van der Waals surface area contributed by atoms with Gasteiger partial charge in [0.05, 0.1) is 6.54 Å². The molecule has 1 aromatic heterocycles. The van der Waals surface area contributed by atoms with Crippen molar-refractivity contribution in [1.82, 2.24) is 5.32 Å². The average Bonchev–Trinajstić information content (AvgIpc) is 2.73. The van der Waals surface area contributed by atoms with Crippen molar-refractivity contribution < 1.29 is 9.15 Å². The molecule has 0 saturated heterocycles. The zero-order chi connectivity index (χ0) is 13.8. The van der Waals surface area contributed by atoms with E-state index >= 15 is 0 Å². The van der Waals surface area contributed by atoms with E-state index in [2.05, 4.69) is 32.2 Å². The summed E-state index contributed by atoms with van der Waals surface area (Å²) in [4.78, 5) is 0. The second-order valence-corrected chi connectivity index (χ2v) is 4.84. The second kappa shape index (κ2) is 5.93. The van der Waals surface area contributed by atoms with Crippen LogP contribution in [-0.4, -0.2) is 7.05 Å². The fourth-order valence-corrected chi connectivity index (χ4v) is 2.03. The van der Waals surface area contributed by atoms with Crippen LogP contribution in [0.4, 0.5) is 0 Å². The van der Waals surface area contributed by atoms with E-state index < -0.39 is 0 Å². The number of hydrogen-bond donors (Lipinski definition) is 1. The van der Waals surface area contributed by atoms with E-state index in [1.807, 2.05) is 25.2 Å². The number of ether oxygens (including phenoxy) is 1. The van der Waals surface area contributed by atoms with Crippen LogP contribution in [0.1, 0.15) is 28.2 Å². The van der Waals surface area contributed by atoms with E-state index in [-0.39, 0.29) is 0 Å². The Hall–Kier alpha value is -1.74. The van der Waals surface area contributed by atoms with Crippen LogP contribution in [0.25, 0.3) is 0 Å². The first-order chi connectivity index (χ1) is 9.11. The maximum Gasteiger partial charge on any atom is 0.146 e. The number of benzene rings is 1. The lowest BCUT2D eigenvalue weighted by atomic mass is 10.1. The molecule has 102 valence electrons. The van der Waals surface area contributed by atoms with Gasteiger partial charge in [0.1, 0.15) is 23.9 Å². The van der Waals surface area contributed by atoms with Crippen LogP contribution in [0, 0.1) is 20.8 Å². The van der Waals surface area contributed by atoms with E-state index in [0.29, 0.717) is 6.61 Å². The number of aryl methyl sites for hydroxylation is 2. The van der Waals surface area contributed by atoms with Gasteiger partial charge < -0.3 is 14.5 Å². The molecule has 1 aromatic carbocycles. The van der Waals surface area contributed by atoms with Gasteiger partial charge in [0, 0.05) is 0 Å². The predicted molar refractivity (Wildman–Crippen MR) is 76.5 cm³/mol. The molecular weight excluding hydrogens is 238 g/mol. The molecule has 3 heteroatoms. The molecular formula is C16H21NO2. The highest BCUT2D eigenvalue weighted by molar-refractivity contribution is 5.38. The Balaban J connectivity index is 2.06. The molecule has 0 bridgehead atoms. The van der Waals surface area contributed by atoms with Crippen molar-refractivity contribution in [3.8, 4) is 5.75 Å². The molecule has 0 amide bonds. The Morgan fingerprint density at radius 1 is 1.16 bits per heavy atom. The molecule has 0 aliphatic carbocycles. The third-order valence-corrected chi connectivity index (χ3v) is 3.33. The van der Waals surface area contributed by atoms with Gasteiger partial charge in [-0.15, -0.1) is 0 Å². The fourth-order valence-electron chi connectivity index (χ4n) is 2.03. The first-order valence-corrected chi connectivity index (χ1v) is 6.53. The normalized spacial score (nSPS) is 10.7. The smallest absolute Gasteiger partial charge is 0.146 e. The van der Waals surface area contributed by atoms with E-state index in [4.69, 9.17) is 9.15 Å². The monoisotopic (exact) mass is 259 g/mol. The van der Waals surface area contributed by atoms with Gasteiger partial charge in [0.15, 0.2) is 0 Å². The third kappa shape index (κ3) is 3.18. The van der Waals surface area contributed by atoms with Crippen LogP contribution in [0.3, 0.4) is 0 Å². The van der Waals surface area contributed by atoms with Crippen molar-refractivity contribution in [3.63, 3.8) is 0 Å². The van der Waals surface area contributed by atoms with Crippen LogP contribution < -0.4 is 10.1 Å². The highest BCUT2D eigenvalue weighted by Crippen LogP contribution is 2.22. The summed E-state index contributed by atoms with van der Waals surface area (Å²) < 4.78 is 11.6.